The van der Waals surface area contributed by atoms with Gasteiger partial charge < -0.3 is 4.74 Å². The SMILES string of the molecule is CCSCCOC(=O)C1=C(C)N=C2CC(C)(C)CC(=O)C2[C@@H]1c1ccc(CC)cc1. The molecule has 1 aliphatic carbocycles. The van der Waals surface area contributed by atoms with Crippen LogP contribution in [-0.4, -0.2) is 35.6 Å². The van der Waals surface area contributed by atoms with Crippen LogP contribution < -0.4 is 0 Å². The van der Waals surface area contributed by atoms with Crippen molar-refractivity contribution in [3.05, 3.63) is 46.7 Å². The van der Waals surface area contributed by atoms with E-state index < -0.39 is 0 Å². The van der Waals surface area contributed by atoms with E-state index in [9.17, 15) is 9.59 Å². The first-order valence-electron chi connectivity index (χ1n) is 10.9. The zero-order valence-electron chi connectivity index (χ0n) is 18.8. The van der Waals surface area contributed by atoms with Crippen LogP contribution in [0.2, 0.25) is 0 Å². The molecule has 0 N–H and O–H groups in total. The van der Waals surface area contributed by atoms with Crippen LogP contribution in [0.3, 0.4) is 0 Å². The first kappa shape index (κ1) is 22.8. The molecule has 30 heavy (non-hydrogen) atoms. The Balaban J connectivity index is 2.01. The number of thioether (sulfide) groups is 1. The number of aliphatic imine (C=N–C) groups is 1. The van der Waals surface area contributed by atoms with Gasteiger partial charge in [0, 0.05) is 29.5 Å². The molecule has 1 aromatic rings. The van der Waals surface area contributed by atoms with Gasteiger partial charge in [-0.05, 0) is 42.1 Å². The Kier molecular flexibility index (Phi) is 7.22. The number of hydrogen-bond acceptors (Lipinski definition) is 5. The first-order valence-corrected chi connectivity index (χ1v) is 12.1. The normalized spacial score (nSPS) is 23.1. The van der Waals surface area contributed by atoms with Gasteiger partial charge in [-0.25, -0.2) is 4.79 Å². The van der Waals surface area contributed by atoms with Crippen LogP contribution in [0.4, 0.5) is 0 Å². The minimum atomic E-state index is -0.373. The summed E-state index contributed by atoms with van der Waals surface area (Å²) < 4.78 is 5.61. The van der Waals surface area contributed by atoms with Crippen molar-refractivity contribution < 1.29 is 14.3 Å². The third-order valence-electron chi connectivity index (χ3n) is 6.00. The van der Waals surface area contributed by atoms with Gasteiger partial charge >= 0.3 is 5.97 Å². The molecule has 1 heterocycles. The van der Waals surface area contributed by atoms with Crippen molar-refractivity contribution in [1.82, 2.24) is 0 Å². The van der Waals surface area contributed by atoms with Gasteiger partial charge in [0.25, 0.3) is 0 Å². The van der Waals surface area contributed by atoms with Crippen molar-refractivity contribution in [2.45, 2.75) is 59.8 Å². The lowest BCUT2D eigenvalue weighted by Crippen LogP contribution is -2.44. The number of ketones is 1. The second-order valence-electron chi connectivity index (χ2n) is 8.97. The maximum absolute atomic E-state index is 13.3. The number of nitrogens with zero attached hydrogens (tertiary/aromatic N) is 1. The molecule has 5 heteroatoms. The van der Waals surface area contributed by atoms with Gasteiger partial charge in [0.05, 0.1) is 11.5 Å². The van der Waals surface area contributed by atoms with E-state index in [0.29, 0.717) is 24.3 Å². The summed E-state index contributed by atoms with van der Waals surface area (Å²) >= 11 is 1.74. The maximum atomic E-state index is 13.3. The van der Waals surface area contributed by atoms with Gasteiger partial charge in [0.1, 0.15) is 12.4 Å². The Morgan fingerprint density at radius 3 is 2.50 bits per heavy atom. The summed E-state index contributed by atoms with van der Waals surface area (Å²) in [4.78, 5) is 31.2. The van der Waals surface area contributed by atoms with Crippen molar-refractivity contribution in [3.63, 3.8) is 0 Å². The summed E-state index contributed by atoms with van der Waals surface area (Å²) in [6.45, 7) is 10.7. The number of carbonyl (C=O) groups excluding carboxylic acids is 2. The second-order valence-corrected chi connectivity index (χ2v) is 10.4. The fourth-order valence-electron chi connectivity index (χ4n) is 4.59. The monoisotopic (exact) mass is 427 g/mol. The van der Waals surface area contributed by atoms with Gasteiger partial charge in [-0.1, -0.05) is 52.0 Å². The number of aryl methyl sites for hydroxylation is 1. The van der Waals surface area contributed by atoms with E-state index in [2.05, 4.69) is 52.0 Å². The predicted octanol–water partition coefficient (Wildman–Crippen LogP) is 5.36. The van der Waals surface area contributed by atoms with Crippen LogP contribution in [0, 0.1) is 11.3 Å². The molecular formula is C25H33NO3S. The lowest BCUT2D eigenvalue weighted by Gasteiger charge is -2.41. The van der Waals surface area contributed by atoms with Crippen LogP contribution in [-0.2, 0) is 20.7 Å². The largest absolute Gasteiger partial charge is 0.461 e. The van der Waals surface area contributed by atoms with Crippen molar-refractivity contribution in [1.29, 1.82) is 0 Å². The van der Waals surface area contributed by atoms with E-state index in [0.717, 1.165) is 35.6 Å². The molecule has 0 aromatic heterocycles. The molecular weight excluding hydrogens is 394 g/mol. The summed E-state index contributed by atoms with van der Waals surface area (Å²) in [5, 5.41) is 0. The number of rotatable bonds is 7. The van der Waals surface area contributed by atoms with Crippen LogP contribution in [0.1, 0.15) is 64.5 Å². The maximum Gasteiger partial charge on any atom is 0.336 e. The highest BCUT2D eigenvalue weighted by atomic mass is 32.2. The Bertz CT molecular complexity index is 867. The number of esters is 1. The Morgan fingerprint density at radius 2 is 1.87 bits per heavy atom. The summed E-state index contributed by atoms with van der Waals surface area (Å²) in [6, 6.07) is 8.31. The van der Waals surface area contributed by atoms with E-state index in [-0.39, 0.29) is 29.0 Å². The Hall–Kier alpha value is -1.88. The number of fused-ring (bicyclic) bond motifs is 1. The highest BCUT2D eigenvalue weighted by molar-refractivity contribution is 7.99. The van der Waals surface area contributed by atoms with E-state index in [1.54, 1.807) is 11.8 Å². The number of hydrogen-bond donors (Lipinski definition) is 0. The first-order chi connectivity index (χ1) is 14.3. The third kappa shape index (κ3) is 4.88. The van der Waals surface area contributed by atoms with Gasteiger partial charge in [0.15, 0.2) is 0 Å². The Morgan fingerprint density at radius 1 is 1.17 bits per heavy atom. The average Bonchev–Trinajstić information content (AvgIpc) is 2.69. The zero-order chi connectivity index (χ0) is 21.9. The second kappa shape index (κ2) is 9.51. The van der Waals surface area contributed by atoms with E-state index in [1.807, 2.05) is 6.92 Å². The third-order valence-corrected chi connectivity index (χ3v) is 6.86. The van der Waals surface area contributed by atoms with Crippen molar-refractivity contribution in [3.8, 4) is 0 Å². The fraction of sp³-hybridized carbons (Fsp3) is 0.560. The fourth-order valence-corrected chi connectivity index (χ4v) is 5.08. The molecule has 0 bridgehead atoms. The molecule has 1 fully saturated rings. The Labute approximate surface area is 184 Å². The average molecular weight is 428 g/mol. The number of benzene rings is 1. The summed E-state index contributed by atoms with van der Waals surface area (Å²) in [5.41, 5.74) is 4.27. The lowest BCUT2D eigenvalue weighted by atomic mass is 9.63. The number of Topliss-reactive ketones (excluding diaryl/α,β-unsaturated/α-hetero) is 1. The zero-order valence-corrected chi connectivity index (χ0v) is 19.6. The molecule has 162 valence electrons. The van der Waals surface area contributed by atoms with Crippen LogP contribution in [0.15, 0.2) is 40.5 Å². The van der Waals surface area contributed by atoms with E-state index in [4.69, 9.17) is 9.73 Å². The number of ether oxygens (including phenoxy) is 1. The van der Waals surface area contributed by atoms with Crippen molar-refractivity contribution in [2.24, 2.45) is 16.3 Å². The standard InChI is InChI=1S/C25H33NO3S/c1-6-17-8-10-18(11-9-17)22-21(24(28)29-12-13-30-7-2)16(3)26-19-14-25(4,5)15-20(27)23(19)22/h8-11,22-23H,6-7,12-15H2,1-5H3/t22-,23?/m1/s1. The minimum Gasteiger partial charge on any atom is -0.461 e. The number of carbonyl (C=O) groups is 2. The van der Waals surface area contributed by atoms with Crippen molar-refractivity contribution in [2.75, 3.05) is 18.1 Å². The van der Waals surface area contributed by atoms with Gasteiger partial charge in [-0.15, -0.1) is 0 Å². The molecule has 0 amide bonds. The molecule has 4 nitrogen and oxygen atoms in total. The predicted molar refractivity (Wildman–Crippen MR) is 124 cm³/mol. The van der Waals surface area contributed by atoms with E-state index >= 15 is 0 Å². The molecule has 1 unspecified atom stereocenters. The summed E-state index contributed by atoms with van der Waals surface area (Å²) in [7, 11) is 0. The van der Waals surface area contributed by atoms with Gasteiger partial charge in [-0.2, -0.15) is 11.8 Å². The van der Waals surface area contributed by atoms with Crippen LogP contribution in [0.5, 0.6) is 0 Å². The molecule has 0 radical (unpaired) electrons. The van der Waals surface area contributed by atoms with Gasteiger partial charge in [-0.3, -0.25) is 9.79 Å². The molecule has 0 saturated heterocycles. The summed E-state index contributed by atoms with van der Waals surface area (Å²) in [6.07, 6.45) is 2.24. The molecule has 2 atom stereocenters. The van der Waals surface area contributed by atoms with Crippen LogP contribution >= 0.6 is 11.8 Å². The highest BCUT2D eigenvalue weighted by Gasteiger charge is 2.47. The highest BCUT2D eigenvalue weighted by Crippen LogP contribution is 2.47. The topological polar surface area (TPSA) is 55.7 Å². The molecule has 1 saturated carbocycles. The molecule has 1 aliphatic heterocycles. The lowest BCUT2D eigenvalue weighted by molar-refractivity contribution is -0.139. The van der Waals surface area contributed by atoms with Crippen molar-refractivity contribution >= 4 is 29.2 Å². The smallest absolute Gasteiger partial charge is 0.336 e. The van der Waals surface area contributed by atoms with Gasteiger partial charge in [0.2, 0.25) is 0 Å². The van der Waals surface area contributed by atoms with Crippen LogP contribution in [0.25, 0.3) is 0 Å². The summed E-state index contributed by atoms with van der Waals surface area (Å²) in [5.74, 6) is 0.907. The molecule has 3 rings (SSSR count). The molecule has 2 aliphatic rings. The molecule has 1 aromatic carbocycles. The molecule has 0 spiro atoms. The van der Waals surface area contributed by atoms with E-state index in [1.165, 1.54) is 5.56 Å². The quantitative estimate of drug-likeness (QED) is 0.434. The number of allylic oxidation sites excluding steroid dienone is 1. The minimum absolute atomic E-state index is 0.0985.